The molecule has 1 N–H and O–H groups in total. The minimum Gasteiger partial charge on any atom is -0.481 e. The van der Waals surface area contributed by atoms with Crippen LogP contribution in [0.4, 0.5) is 0 Å². The van der Waals surface area contributed by atoms with Gasteiger partial charge in [-0.1, -0.05) is 13.3 Å². The summed E-state index contributed by atoms with van der Waals surface area (Å²) in [4.78, 5) is 26.1. The molecule has 21 heavy (non-hydrogen) atoms. The highest BCUT2D eigenvalue weighted by Gasteiger charge is 2.43. The highest BCUT2D eigenvalue weighted by atomic mass is 16.5. The first-order valence-corrected chi connectivity index (χ1v) is 8.16. The van der Waals surface area contributed by atoms with Crippen LogP contribution in [-0.4, -0.2) is 48.2 Å². The summed E-state index contributed by atoms with van der Waals surface area (Å²) in [5.74, 6) is -0.850. The first kappa shape index (κ1) is 16.3. The number of aliphatic carboxylic acids is 1. The van der Waals surface area contributed by atoms with Crippen molar-refractivity contribution in [1.29, 1.82) is 0 Å². The molecule has 1 heterocycles. The first-order chi connectivity index (χ1) is 10.1. The number of ether oxygens (including phenoxy) is 1. The molecule has 2 fully saturated rings. The third kappa shape index (κ3) is 3.76. The quantitative estimate of drug-likeness (QED) is 0.814. The summed E-state index contributed by atoms with van der Waals surface area (Å²) < 4.78 is 5.37. The van der Waals surface area contributed by atoms with Crippen molar-refractivity contribution in [2.75, 3.05) is 26.3 Å². The number of carboxylic acids is 1. The Bertz CT molecular complexity index is 378. The van der Waals surface area contributed by atoms with Crippen molar-refractivity contribution >= 4 is 11.9 Å². The average molecular weight is 297 g/mol. The molecule has 5 nitrogen and oxygen atoms in total. The predicted molar refractivity (Wildman–Crippen MR) is 78.8 cm³/mol. The molecule has 0 radical (unpaired) electrons. The molecule has 1 aliphatic heterocycles. The number of rotatable bonds is 6. The SMILES string of the molecule is CCC1C[C@H](C(=O)N(CC)CC2CCOC2)[C@H](C(=O)O)C1. The van der Waals surface area contributed by atoms with E-state index in [0.29, 0.717) is 38.0 Å². The summed E-state index contributed by atoms with van der Waals surface area (Å²) >= 11 is 0. The van der Waals surface area contributed by atoms with Crippen LogP contribution >= 0.6 is 0 Å². The van der Waals surface area contributed by atoms with Crippen LogP contribution in [0.15, 0.2) is 0 Å². The third-order valence-corrected chi connectivity index (χ3v) is 5.07. The van der Waals surface area contributed by atoms with Crippen LogP contribution in [0.25, 0.3) is 0 Å². The maximum atomic E-state index is 12.8. The van der Waals surface area contributed by atoms with E-state index >= 15 is 0 Å². The lowest BCUT2D eigenvalue weighted by molar-refractivity contribution is -0.149. The topological polar surface area (TPSA) is 66.8 Å². The minimum absolute atomic E-state index is 0.0350. The van der Waals surface area contributed by atoms with Gasteiger partial charge in [-0.15, -0.1) is 0 Å². The van der Waals surface area contributed by atoms with E-state index in [-0.39, 0.29) is 11.8 Å². The number of hydrogen-bond acceptors (Lipinski definition) is 3. The van der Waals surface area contributed by atoms with Crippen LogP contribution in [0.2, 0.25) is 0 Å². The molecule has 0 bridgehead atoms. The molecule has 1 amide bonds. The Morgan fingerprint density at radius 1 is 1.19 bits per heavy atom. The van der Waals surface area contributed by atoms with Crippen molar-refractivity contribution in [2.24, 2.45) is 23.7 Å². The van der Waals surface area contributed by atoms with Gasteiger partial charge in [-0.25, -0.2) is 0 Å². The summed E-state index contributed by atoms with van der Waals surface area (Å²) in [7, 11) is 0. The van der Waals surface area contributed by atoms with Crippen molar-refractivity contribution < 1.29 is 19.4 Å². The Kier molecular flexibility index (Phi) is 5.62. The van der Waals surface area contributed by atoms with E-state index in [1.54, 1.807) is 0 Å². The molecule has 0 aromatic carbocycles. The Balaban J connectivity index is 2.02. The smallest absolute Gasteiger partial charge is 0.307 e. The number of amides is 1. The fraction of sp³-hybridized carbons (Fsp3) is 0.875. The maximum Gasteiger partial charge on any atom is 0.307 e. The molecular formula is C16H27NO4. The van der Waals surface area contributed by atoms with Gasteiger partial charge in [0.25, 0.3) is 0 Å². The van der Waals surface area contributed by atoms with Gasteiger partial charge in [0.15, 0.2) is 0 Å². The van der Waals surface area contributed by atoms with E-state index in [4.69, 9.17) is 4.74 Å². The minimum atomic E-state index is -0.815. The Labute approximate surface area is 126 Å². The lowest BCUT2D eigenvalue weighted by Crippen LogP contribution is -2.41. The highest BCUT2D eigenvalue weighted by Crippen LogP contribution is 2.39. The zero-order valence-electron chi connectivity index (χ0n) is 13.1. The summed E-state index contributed by atoms with van der Waals surface area (Å²) in [6.07, 6.45) is 3.32. The van der Waals surface area contributed by atoms with E-state index in [1.165, 1.54) is 0 Å². The van der Waals surface area contributed by atoms with E-state index < -0.39 is 11.9 Å². The van der Waals surface area contributed by atoms with Gasteiger partial charge in [0, 0.05) is 25.6 Å². The monoisotopic (exact) mass is 297 g/mol. The molecule has 0 spiro atoms. The van der Waals surface area contributed by atoms with E-state index in [2.05, 4.69) is 6.92 Å². The molecule has 120 valence electrons. The maximum absolute atomic E-state index is 12.8. The number of carbonyl (C=O) groups is 2. The highest BCUT2D eigenvalue weighted by molar-refractivity contribution is 5.85. The van der Waals surface area contributed by atoms with Crippen LogP contribution in [0.3, 0.4) is 0 Å². The predicted octanol–water partition coefficient (Wildman–Crippen LogP) is 2.01. The van der Waals surface area contributed by atoms with Gasteiger partial charge in [-0.3, -0.25) is 9.59 Å². The average Bonchev–Trinajstić information content (AvgIpc) is 3.12. The molecule has 4 atom stereocenters. The molecule has 2 rings (SSSR count). The van der Waals surface area contributed by atoms with Gasteiger partial charge in [0.1, 0.15) is 0 Å². The van der Waals surface area contributed by atoms with E-state index in [1.807, 2.05) is 11.8 Å². The fourth-order valence-electron chi connectivity index (χ4n) is 3.67. The van der Waals surface area contributed by atoms with Crippen LogP contribution in [-0.2, 0) is 14.3 Å². The second-order valence-electron chi connectivity index (χ2n) is 6.40. The van der Waals surface area contributed by atoms with Crippen LogP contribution < -0.4 is 0 Å². The summed E-state index contributed by atoms with van der Waals surface area (Å²) in [5.41, 5.74) is 0. The summed E-state index contributed by atoms with van der Waals surface area (Å²) in [5, 5.41) is 9.39. The zero-order chi connectivity index (χ0) is 15.4. The van der Waals surface area contributed by atoms with Crippen molar-refractivity contribution in [3.63, 3.8) is 0 Å². The van der Waals surface area contributed by atoms with Crippen LogP contribution in [0, 0.1) is 23.7 Å². The van der Waals surface area contributed by atoms with E-state index in [0.717, 1.165) is 25.9 Å². The molecule has 2 aliphatic rings. The van der Waals surface area contributed by atoms with Gasteiger partial charge < -0.3 is 14.7 Å². The molecule has 0 aromatic rings. The molecule has 1 saturated heterocycles. The van der Waals surface area contributed by atoms with Crippen LogP contribution in [0.5, 0.6) is 0 Å². The second-order valence-corrected chi connectivity index (χ2v) is 6.40. The largest absolute Gasteiger partial charge is 0.481 e. The van der Waals surface area contributed by atoms with Crippen LogP contribution in [0.1, 0.15) is 39.5 Å². The molecule has 1 saturated carbocycles. The van der Waals surface area contributed by atoms with Gasteiger partial charge >= 0.3 is 5.97 Å². The van der Waals surface area contributed by atoms with Crippen molar-refractivity contribution in [1.82, 2.24) is 4.90 Å². The van der Waals surface area contributed by atoms with Gasteiger partial charge in [-0.05, 0) is 32.1 Å². The molecule has 2 unspecified atom stereocenters. The normalized spacial score (nSPS) is 32.3. The number of carbonyl (C=O) groups excluding carboxylic acids is 1. The molecular weight excluding hydrogens is 270 g/mol. The molecule has 1 aliphatic carbocycles. The summed E-state index contributed by atoms with van der Waals surface area (Å²) in [6, 6.07) is 0. The van der Waals surface area contributed by atoms with E-state index in [9.17, 15) is 14.7 Å². The van der Waals surface area contributed by atoms with Crippen molar-refractivity contribution in [3.8, 4) is 0 Å². The summed E-state index contributed by atoms with van der Waals surface area (Å²) in [6.45, 7) is 6.88. The Morgan fingerprint density at radius 3 is 2.43 bits per heavy atom. The Hall–Kier alpha value is -1.10. The lowest BCUT2D eigenvalue weighted by atomic mass is 9.94. The first-order valence-electron chi connectivity index (χ1n) is 8.16. The number of nitrogens with zero attached hydrogens (tertiary/aromatic N) is 1. The standard InChI is InChI=1S/C16H27NO4/c1-3-11-7-13(14(8-11)16(19)20)15(18)17(4-2)9-12-5-6-21-10-12/h11-14H,3-10H2,1-2H3,(H,19,20)/t11?,12?,13-,14+/m0/s1. The second kappa shape index (κ2) is 7.25. The number of carboxylic acid groups (broad SMARTS) is 1. The fourth-order valence-corrected chi connectivity index (χ4v) is 3.67. The van der Waals surface area contributed by atoms with Gasteiger partial charge in [0.05, 0.1) is 18.4 Å². The molecule has 5 heteroatoms. The number of hydrogen-bond donors (Lipinski definition) is 1. The Morgan fingerprint density at radius 2 is 1.90 bits per heavy atom. The van der Waals surface area contributed by atoms with Crippen molar-refractivity contribution in [2.45, 2.75) is 39.5 Å². The third-order valence-electron chi connectivity index (χ3n) is 5.07. The lowest BCUT2D eigenvalue weighted by Gasteiger charge is -2.28. The van der Waals surface area contributed by atoms with Gasteiger partial charge in [0.2, 0.25) is 5.91 Å². The molecule has 0 aromatic heterocycles. The zero-order valence-corrected chi connectivity index (χ0v) is 13.1. The van der Waals surface area contributed by atoms with Gasteiger partial charge in [-0.2, -0.15) is 0 Å². The van der Waals surface area contributed by atoms with Crippen molar-refractivity contribution in [3.05, 3.63) is 0 Å².